The van der Waals surface area contributed by atoms with E-state index in [1.165, 1.54) is 0 Å². The Morgan fingerprint density at radius 1 is 1.37 bits per heavy atom. The maximum atomic E-state index is 14.1. The van der Waals surface area contributed by atoms with Crippen molar-refractivity contribution in [1.82, 2.24) is 4.98 Å². The molecule has 6 nitrogen and oxygen atoms in total. The van der Waals surface area contributed by atoms with Crippen molar-refractivity contribution in [3.8, 4) is 0 Å². The first-order valence-electron chi connectivity index (χ1n) is 9.08. The summed E-state index contributed by atoms with van der Waals surface area (Å²) >= 11 is 6.31. The van der Waals surface area contributed by atoms with Gasteiger partial charge in [0.05, 0.1) is 22.9 Å². The molecule has 3 heterocycles. The minimum Gasteiger partial charge on any atom is -0.481 e. The molecule has 0 aromatic carbocycles. The maximum absolute atomic E-state index is 14.1. The number of β-amino-alcohol motifs (C(OH)–C–C–N with tert-alkyl or cyclic N) is 1. The lowest BCUT2D eigenvalue weighted by Gasteiger charge is -2.44. The van der Waals surface area contributed by atoms with Gasteiger partial charge >= 0.3 is 5.97 Å². The number of anilines is 2. The number of aliphatic hydroxyl groups excluding tert-OH is 1. The molecule has 1 aliphatic carbocycles. The van der Waals surface area contributed by atoms with Gasteiger partial charge in [0, 0.05) is 39.0 Å². The standard InChI is InChI=1S/C18H22ClF2N3O3/c1-8-13(25)7-24(8)14-4-12(16(19)17(22-14)18(2,20)21)23-5-10-9(3-15(26)27)11(10)6-23/h4,8-11,13,25H,3,5-7H2,1-2H3,(H,26,27)/t8-,9?,10-,11+,13+/m0/s1. The van der Waals surface area contributed by atoms with Crippen LogP contribution in [0.3, 0.4) is 0 Å². The first-order valence-corrected chi connectivity index (χ1v) is 9.46. The monoisotopic (exact) mass is 401 g/mol. The van der Waals surface area contributed by atoms with Gasteiger partial charge in [-0.1, -0.05) is 11.6 Å². The molecule has 0 spiro atoms. The molecular weight excluding hydrogens is 380 g/mol. The number of aromatic nitrogens is 1. The van der Waals surface area contributed by atoms with Crippen LogP contribution in [-0.2, 0) is 10.7 Å². The smallest absolute Gasteiger partial charge is 0.303 e. The highest BCUT2D eigenvalue weighted by Gasteiger charge is 2.56. The summed E-state index contributed by atoms with van der Waals surface area (Å²) < 4.78 is 28.2. The highest BCUT2D eigenvalue weighted by molar-refractivity contribution is 6.34. The van der Waals surface area contributed by atoms with Gasteiger partial charge in [-0.15, -0.1) is 0 Å². The third kappa shape index (κ3) is 3.12. The number of fused-ring (bicyclic) bond motifs is 1. The molecule has 2 N–H and O–H groups in total. The minimum absolute atomic E-state index is 0.0592. The lowest BCUT2D eigenvalue weighted by atomic mass is 10.0. The second-order valence-electron chi connectivity index (χ2n) is 8.01. The molecule has 5 atom stereocenters. The zero-order valence-corrected chi connectivity index (χ0v) is 15.8. The SMILES string of the molecule is C[C@H]1[C@H](O)CN1c1cc(N2C[C@@H]3C(CC(=O)O)[C@@H]3C2)c(Cl)c(C(C)(F)F)n1. The van der Waals surface area contributed by atoms with Crippen LogP contribution in [0.15, 0.2) is 6.07 Å². The fourth-order valence-corrected chi connectivity index (χ4v) is 4.80. The largest absolute Gasteiger partial charge is 0.481 e. The topological polar surface area (TPSA) is 76.9 Å². The van der Waals surface area contributed by atoms with Gasteiger partial charge in [-0.25, -0.2) is 4.98 Å². The molecule has 148 valence electrons. The molecule has 1 aromatic heterocycles. The van der Waals surface area contributed by atoms with Crippen LogP contribution in [0.4, 0.5) is 20.3 Å². The number of rotatable bonds is 5. The minimum atomic E-state index is -3.19. The van der Waals surface area contributed by atoms with E-state index < -0.39 is 23.7 Å². The number of alkyl halides is 2. The lowest BCUT2D eigenvalue weighted by molar-refractivity contribution is -0.137. The van der Waals surface area contributed by atoms with Gasteiger partial charge in [0.2, 0.25) is 0 Å². The van der Waals surface area contributed by atoms with E-state index in [1.54, 1.807) is 11.0 Å². The molecule has 3 fully saturated rings. The van der Waals surface area contributed by atoms with Crippen LogP contribution in [0.25, 0.3) is 0 Å². The zero-order chi connectivity index (χ0) is 19.7. The lowest BCUT2D eigenvalue weighted by Crippen LogP contribution is -2.59. The van der Waals surface area contributed by atoms with Crippen molar-refractivity contribution in [3.05, 3.63) is 16.8 Å². The Morgan fingerprint density at radius 3 is 2.48 bits per heavy atom. The zero-order valence-electron chi connectivity index (χ0n) is 15.1. The van der Waals surface area contributed by atoms with Crippen molar-refractivity contribution < 1.29 is 23.8 Å². The van der Waals surface area contributed by atoms with E-state index in [0.29, 0.717) is 31.1 Å². The highest BCUT2D eigenvalue weighted by atomic mass is 35.5. The molecule has 2 saturated heterocycles. The molecule has 3 aliphatic rings. The number of carboxylic acid groups (broad SMARTS) is 1. The molecule has 9 heteroatoms. The molecule has 1 saturated carbocycles. The van der Waals surface area contributed by atoms with Gasteiger partial charge in [-0.3, -0.25) is 4.79 Å². The van der Waals surface area contributed by atoms with Crippen molar-refractivity contribution in [3.63, 3.8) is 0 Å². The van der Waals surface area contributed by atoms with Crippen LogP contribution in [0.2, 0.25) is 5.02 Å². The molecule has 0 bridgehead atoms. The molecule has 0 radical (unpaired) electrons. The number of carbonyl (C=O) groups is 1. The van der Waals surface area contributed by atoms with Gasteiger partial charge in [0.15, 0.2) is 0 Å². The molecule has 27 heavy (non-hydrogen) atoms. The predicted molar refractivity (Wildman–Crippen MR) is 96.6 cm³/mol. The fraction of sp³-hybridized carbons (Fsp3) is 0.667. The third-order valence-electron chi connectivity index (χ3n) is 6.19. The normalized spacial score (nSPS) is 32.3. The van der Waals surface area contributed by atoms with Gasteiger partial charge in [0.25, 0.3) is 5.92 Å². The summed E-state index contributed by atoms with van der Waals surface area (Å²) in [6.07, 6.45) is -0.354. The van der Waals surface area contributed by atoms with E-state index >= 15 is 0 Å². The second kappa shape index (κ2) is 6.17. The molecule has 2 aliphatic heterocycles. The Bertz CT molecular complexity index is 776. The summed E-state index contributed by atoms with van der Waals surface area (Å²) in [6.45, 7) is 4.15. The number of nitrogens with zero attached hydrogens (tertiary/aromatic N) is 3. The predicted octanol–water partition coefficient (Wildman–Crippen LogP) is 2.57. The van der Waals surface area contributed by atoms with Gasteiger partial charge in [-0.05, 0) is 24.7 Å². The van der Waals surface area contributed by atoms with E-state index in [1.807, 2.05) is 11.8 Å². The fourth-order valence-electron chi connectivity index (χ4n) is 4.41. The highest BCUT2D eigenvalue weighted by Crippen LogP contribution is 2.55. The molecular formula is C18H22ClF2N3O3. The van der Waals surface area contributed by atoms with E-state index in [-0.39, 0.29) is 35.2 Å². The number of pyridine rings is 1. The van der Waals surface area contributed by atoms with Crippen molar-refractivity contribution in [2.45, 2.75) is 38.3 Å². The summed E-state index contributed by atoms with van der Waals surface area (Å²) in [5.41, 5.74) is 0.0426. The molecule has 0 amide bonds. The number of piperidine rings is 1. The number of hydrogen-bond acceptors (Lipinski definition) is 5. The summed E-state index contributed by atoms with van der Waals surface area (Å²) in [7, 11) is 0. The average molecular weight is 402 g/mol. The Hall–Kier alpha value is -1.67. The number of aliphatic carboxylic acids is 1. The van der Waals surface area contributed by atoms with Crippen LogP contribution < -0.4 is 9.80 Å². The van der Waals surface area contributed by atoms with E-state index in [2.05, 4.69) is 4.98 Å². The second-order valence-corrected chi connectivity index (χ2v) is 8.38. The average Bonchev–Trinajstić information content (AvgIpc) is 3.02. The van der Waals surface area contributed by atoms with E-state index in [0.717, 1.165) is 6.92 Å². The quantitative estimate of drug-likeness (QED) is 0.789. The van der Waals surface area contributed by atoms with Crippen LogP contribution in [0.5, 0.6) is 0 Å². The summed E-state index contributed by atoms with van der Waals surface area (Å²) in [5, 5.41) is 18.7. The molecule has 1 unspecified atom stereocenters. The Kier molecular flexibility index (Phi) is 4.27. The van der Waals surface area contributed by atoms with Crippen LogP contribution in [-0.4, -0.2) is 52.9 Å². The summed E-state index contributed by atoms with van der Waals surface area (Å²) in [4.78, 5) is 18.7. The number of carboxylic acids is 1. The van der Waals surface area contributed by atoms with Crippen molar-refractivity contribution in [1.29, 1.82) is 0 Å². The maximum Gasteiger partial charge on any atom is 0.303 e. The molecule has 1 aromatic rings. The van der Waals surface area contributed by atoms with E-state index in [9.17, 15) is 18.7 Å². The van der Waals surface area contributed by atoms with Crippen molar-refractivity contribution in [2.24, 2.45) is 17.8 Å². The van der Waals surface area contributed by atoms with Gasteiger partial charge < -0.3 is 20.0 Å². The first-order chi connectivity index (χ1) is 12.6. The summed E-state index contributed by atoms with van der Waals surface area (Å²) in [6, 6.07) is 1.51. The van der Waals surface area contributed by atoms with Crippen molar-refractivity contribution in [2.75, 3.05) is 29.4 Å². The van der Waals surface area contributed by atoms with Gasteiger partial charge in [-0.2, -0.15) is 8.78 Å². The number of halogens is 3. The van der Waals surface area contributed by atoms with Gasteiger partial charge in [0.1, 0.15) is 11.5 Å². The Labute approximate surface area is 160 Å². The van der Waals surface area contributed by atoms with Crippen LogP contribution >= 0.6 is 11.6 Å². The Balaban J connectivity index is 1.62. The third-order valence-corrected chi connectivity index (χ3v) is 6.56. The molecule has 4 rings (SSSR count). The van der Waals surface area contributed by atoms with E-state index in [4.69, 9.17) is 16.7 Å². The Morgan fingerprint density at radius 2 is 2.00 bits per heavy atom. The van der Waals surface area contributed by atoms with Crippen LogP contribution in [0, 0.1) is 17.8 Å². The van der Waals surface area contributed by atoms with Crippen molar-refractivity contribution >= 4 is 29.1 Å². The van der Waals surface area contributed by atoms with Crippen LogP contribution in [0.1, 0.15) is 26.0 Å². The first kappa shape index (κ1) is 18.7. The number of hydrogen-bond donors (Lipinski definition) is 2. The number of aliphatic hydroxyl groups is 1. The summed E-state index contributed by atoms with van der Waals surface area (Å²) in [5.74, 6) is -2.91.